The molecule has 1 atom stereocenters. The molecule has 27 heavy (non-hydrogen) atoms. The van der Waals surface area contributed by atoms with E-state index >= 15 is 0 Å². The van der Waals surface area contributed by atoms with Crippen LogP contribution in [0.2, 0.25) is 0 Å². The molecule has 2 aliphatic heterocycles. The van der Waals surface area contributed by atoms with E-state index in [9.17, 15) is 0 Å². The summed E-state index contributed by atoms with van der Waals surface area (Å²) in [5.74, 6) is 3.71. The molecular formula is C20H27N3O4. The molecule has 0 saturated carbocycles. The minimum Gasteiger partial charge on any atom is -0.497 e. The number of nitrogens with zero attached hydrogens (tertiary/aromatic N) is 3. The van der Waals surface area contributed by atoms with Gasteiger partial charge < -0.3 is 18.7 Å². The molecule has 4 rings (SSSR count). The molecule has 1 unspecified atom stereocenters. The highest BCUT2D eigenvalue weighted by Crippen LogP contribution is 2.27. The first-order valence-electron chi connectivity index (χ1n) is 9.73. The van der Waals surface area contributed by atoms with E-state index in [1.54, 1.807) is 7.11 Å². The number of benzene rings is 1. The molecule has 2 aromatic rings. The van der Waals surface area contributed by atoms with Crippen LogP contribution in [0.3, 0.4) is 0 Å². The molecule has 7 heteroatoms. The number of piperidine rings is 1. The smallest absolute Gasteiger partial charge is 0.255 e. The van der Waals surface area contributed by atoms with Crippen LogP contribution >= 0.6 is 0 Å². The number of likely N-dealkylation sites (tertiary alicyclic amines) is 1. The van der Waals surface area contributed by atoms with E-state index in [0.29, 0.717) is 11.8 Å². The summed E-state index contributed by atoms with van der Waals surface area (Å²) in [5, 5.41) is 4.12. The number of ether oxygens (including phenoxy) is 3. The fourth-order valence-electron chi connectivity index (χ4n) is 3.63. The zero-order valence-corrected chi connectivity index (χ0v) is 15.8. The fraction of sp³-hybridized carbons (Fsp3) is 0.600. The van der Waals surface area contributed by atoms with E-state index in [2.05, 4.69) is 15.0 Å². The molecule has 0 amide bonds. The van der Waals surface area contributed by atoms with E-state index in [0.717, 1.165) is 75.9 Å². The van der Waals surface area contributed by atoms with Crippen LogP contribution in [0.1, 0.15) is 43.5 Å². The zero-order chi connectivity index (χ0) is 18.5. The van der Waals surface area contributed by atoms with Gasteiger partial charge in [0.05, 0.1) is 20.3 Å². The van der Waals surface area contributed by atoms with Crippen LogP contribution in [0.25, 0.3) is 0 Å². The van der Waals surface area contributed by atoms with Crippen LogP contribution in [0, 0.1) is 5.92 Å². The molecule has 2 fully saturated rings. The highest BCUT2D eigenvalue weighted by molar-refractivity contribution is 5.31. The van der Waals surface area contributed by atoms with Crippen molar-refractivity contribution >= 4 is 0 Å². The Hall–Kier alpha value is -2.12. The summed E-state index contributed by atoms with van der Waals surface area (Å²) in [4.78, 5) is 6.90. The summed E-state index contributed by atoms with van der Waals surface area (Å²) in [6.07, 6.45) is 4.27. The summed E-state index contributed by atoms with van der Waals surface area (Å²) in [5.41, 5.74) is 0. The predicted molar refractivity (Wildman–Crippen MR) is 98.7 cm³/mol. The maximum atomic E-state index is 5.93. The minimum absolute atomic E-state index is 0.00732. The van der Waals surface area contributed by atoms with Crippen LogP contribution in [-0.4, -0.2) is 48.5 Å². The predicted octanol–water partition coefficient (Wildman–Crippen LogP) is 3.22. The third kappa shape index (κ3) is 4.78. The number of hydrogen-bond donors (Lipinski definition) is 0. The summed E-state index contributed by atoms with van der Waals surface area (Å²) in [6, 6.07) is 7.76. The largest absolute Gasteiger partial charge is 0.497 e. The van der Waals surface area contributed by atoms with Crippen molar-refractivity contribution < 1.29 is 18.7 Å². The van der Waals surface area contributed by atoms with Crippen LogP contribution in [0.15, 0.2) is 28.8 Å². The average molecular weight is 373 g/mol. The maximum Gasteiger partial charge on any atom is 0.255 e. The highest BCUT2D eigenvalue weighted by atomic mass is 16.5. The second kappa shape index (κ2) is 8.71. The Morgan fingerprint density at radius 2 is 1.89 bits per heavy atom. The SMILES string of the molecule is COc1ccc(OCC2CCN(Cc3noc(C4CCCO4)n3)CC2)cc1. The Balaban J connectivity index is 1.19. The van der Waals surface area contributed by atoms with Crippen molar-refractivity contribution in [3.05, 3.63) is 36.0 Å². The van der Waals surface area contributed by atoms with Gasteiger partial charge in [-0.15, -0.1) is 0 Å². The second-order valence-corrected chi connectivity index (χ2v) is 7.26. The van der Waals surface area contributed by atoms with Gasteiger partial charge in [-0.25, -0.2) is 0 Å². The molecule has 0 bridgehead atoms. The Labute approximate surface area is 159 Å². The molecule has 7 nitrogen and oxygen atoms in total. The van der Waals surface area contributed by atoms with E-state index in [1.807, 2.05) is 24.3 Å². The van der Waals surface area contributed by atoms with Crippen LogP contribution in [-0.2, 0) is 11.3 Å². The first-order valence-corrected chi connectivity index (χ1v) is 9.73. The molecule has 2 aliphatic rings. The zero-order valence-electron chi connectivity index (χ0n) is 15.8. The molecule has 2 saturated heterocycles. The summed E-state index contributed by atoms with van der Waals surface area (Å²) < 4.78 is 22.1. The lowest BCUT2D eigenvalue weighted by atomic mass is 9.98. The molecule has 0 aliphatic carbocycles. The first-order chi connectivity index (χ1) is 13.3. The average Bonchev–Trinajstić information content (AvgIpc) is 3.40. The fourth-order valence-corrected chi connectivity index (χ4v) is 3.63. The van der Waals surface area contributed by atoms with Gasteiger partial charge in [-0.1, -0.05) is 5.16 Å². The van der Waals surface area contributed by atoms with Gasteiger partial charge in [0.2, 0.25) is 0 Å². The van der Waals surface area contributed by atoms with Crippen molar-refractivity contribution in [2.45, 2.75) is 38.3 Å². The monoisotopic (exact) mass is 373 g/mol. The van der Waals surface area contributed by atoms with Gasteiger partial charge in [-0.05, 0) is 69.0 Å². The van der Waals surface area contributed by atoms with Crippen LogP contribution in [0.5, 0.6) is 11.5 Å². The van der Waals surface area contributed by atoms with Crippen molar-refractivity contribution in [2.75, 3.05) is 33.4 Å². The summed E-state index contributed by atoms with van der Waals surface area (Å²) >= 11 is 0. The van der Waals surface area contributed by atoms with Crippen molar-refractivity contribution in [1.29, 1.82) is 0 Å². The highest BCUT2D eigenvalue weighted by Gasteiger charge is 2.25. The molecule has 1 aromatic heterocycles. The number of rotatable bonds is 7. The molecule has 3 heterocycles. The lowest BCUT2D eigenvalue weighted by molar-refractivity contribution is 0.0835. The first kappa shape index (κ1) is 18.3. The van der Waals surface area contributed by atoms with Gasteiger partial charge >= 0.3 is 0 Å². The number of methoxy groups -OCH3 is 1. The molecule has 146 valence electrons. The van der Waals surface area contributed by atoms with E-state index in [1.165, 1.54) is 0 Å². The molecule has 0 N–H and O–H groups in total. The summed E-state index contributed by atoms with van der Waals surface area (Å²) in [7, 11) is 1.67. The molecule has 0 radical (unpaired) electrons. The van der Waals surface area contributed by atoms with Crippen molar-refractivity contribution in [3.8, 4) is 11.5 Å². The van der Waals surface area contributed by atoms with Crippen molar-refractivity contribution in [1.82, 2.24) is 15.0 Å². The van der Waals surface area contributed by atoms with Gasteiger partial charge in [-0.3, -0.25) is 4.90 Å². The van der Waals surface area contributed by atoms with Crippen molar-refractivity contribution in [2.24, 2.45) is 5.92 Å². The minimum atomic E-state index is -0.00732. The Kier molecular flexibility index (Phi) is 5.89. The molecular weight excluding hydrogens is 346 g/mol. The van der Waals surface area contributed by atoms with E-state index in [-0.39, 0.29) is 6.10 Å². The van der Waals surface area contributed by atoms with Gasteiger partial charge in [0.25, 0.3) is 5.89 Å². The Morgan fingerprint density at radius 1 is 1.11 bits per heavy atom. The molecule has 1 aromatic carbocycles. The van der Waals surface area contributed by atoms with Gasteiger partial charge in [0.15, 0.2) is 5.82 Å². The molecule has 0 spiro atoms. The Bertz CT molecular complexity index is 704. The Morgan fingerprint density at radius 3 is 2.59 bits per heavy atom. The second-order valence-electron chi connectivity index (χ2n) is 7.26. The van der Waals surface area contributed by atoms with E-state index in [4.69, 9.17) is 18.7 Å². The quantitative estimate of drug-likeness (QED) is 0.738. The van der Waals surface area contributed by atoms with Crippen molar-refractivity contribution in [3.63, 3.8) is 0 Å². The van der Waals surface area contributed by atoms with Crippen LogP contribution < -0.4 is 9.47 Å². The normalized spacial score (nSPS) is 21.4. The van der Waals surface area contributed by atoms with Gasteiger partial charge in [-0.2, -0.15) is 4.98 Å². The summed E-state index contributed by atoms with van der Waals surface area (Å²) in [6.45, 7) is 4.34. The maximum absolute atomic E-state index is 5.93. The van der Waals surface area contributed by atoms with Crippen LogP contribution in [0.4, 0.5) is 0 Å². The lowest BCUT2D eigenvalue weighted by Crippen LogP contribution is -2.35. The number of aromatic nitrogens is 2. The third-order valence-corrected chi connectivity index (χ3v) is 5.31. The third-order valence-electron chi connectivity index (χ3n) is 5.31. The lowest BCUT2D eigenvalue weighted by Gasteiger charge is -2.30. The van der Waals surface area contributed by atoms with Gasteiger partial charge in [0, 0.05) is 6.61 Å². The number of hydrogen-bond acceptors (Lipinski definition) is 7. The topological polar surface area (TPSA) is 69.9 Å². The van der Waals surface area contributed by atoms with E-state index < -0.39 is 0 Å². The standard InChI is InChI=1S/C20H27N3O4/c1-24-16-4-6-17(7-5-16)26-14-15-8-10-23(11-9-15)13-19-21-20(27-22-19)18-3-2-12-25-18/h4-7,15,18H,2-3,8-14H2,1H3. The van der Waals surface area contributed by atoms with Gasteiger partial charge in [0.1, 0.15) is 17.6 Å².